The molecule has 0 aliphatic carbocycles. The van der Waals surface area contributed by atoms with Gasteiger partial charge in [-0.3, -0.25) is 5.43 Å². The number of benzene rings is 1. The number of halogens is 1. The van der Waals surface area contributed by atoms with Gasteiger partial charge in [0.25, 0.3) is 0 Å². The first-order valence-electron chi connectivity index (χ1n) is 8.06. The molecule has 0 unspecified atom stereocenters. The van der Waals surface area contributed by atoms with Gasteiger partial charge in [-0.15, -0.1) is 0 Å². The van der Waals surface area contributed by atoms with E-state index in [1.807, 2.05) is 45.0 Å². The summed E-state index contributed by atoms with van der Waals surface area (Å²) in [4.78, 5) is 11.9. The number of amides is 1. The summed E-state index contributed by atoms with van der Waals surface area (Å²) in [7, 11) is 0. The van der Waals surface area contributed by atoms with Gasteiger partial charge in [0.2, 0.25) is 0 Å². The fraction of sp³-hybridized carbons (Fsp3) is 0.588. The van der Waals surface area contributed by atoms with Crippen molar-refractivity contribution in [3.8, 4) is 0 Å². The molecule has 1 aliphatic heterocycles. The fourth-order valence-electron chi connectivity index (χ4n) is 2.76. The monoisotopic (exact) mass is 339 g/mol. The summed E-state index contributed by atoms with van der Waals surface area (Å²) in [6.45, 7) is 7.51. The van der Waals surface area contributed by atoms with Gasteiger partial charge in [-0.1, -0.05) is 23.7 Å². The largest absolute Gasteiger partial charge is 0.443 e. The molecule has 128 valence electrons. The number of hydrogen-bond acceptors (Lipinski definition) is 4. The molecule has 0 bridgehead atoms. The molecule has 3 N–H and O–H groups in total. The summed E-state index contributed by atoms with van der Waals surface area (Å²) >= 11 is 5.98. The Bertz CT molecular complexity index is 508. The third-order valence-electron chi connectivity index (χ3n) is 3.81. The molecular formula is C17H26ClN3O2. The second-order valence-corrected chi connectivity index (χ2v) is 7.32. The molecule has 23 heavy (non-hydrogen) atoms. The van der Waals surface area contributed by atoms with E-state index in [1.54, 1.807) is 0 Å². The van der Waals surface area contributed by atoms with Gasteiger partial charge < -0.3 is 10.1 Å². The van der Waals surface area contributed by atoms with Gasteiger partial charge in [-0.25, -0.2) is 10.2 Å². The molecule has 0 saturated carbocycles. The first-order valence-corrected chi connectivity index (χ1v) is 8.43. The van der Waals surface area contributed by atoms with Gasteiger partial charge in [0.15, 0.2) is 0 Å². The lowest BCUT2D eigenvalue weighted by molar-refractivity contribution is 0.0475. The first kappa shape index (κ1) is 18.0. The predicted octanol–water partition coefficient (Wildman–Crippen LogP) is 3.41. The maximum absolute atomic E-state index is 11.9. The minimum absolute atomic E-state index is 0.0295. The molecule has 0 radical (unpaired) electrons. The van der Waals surface area contributed by atoms with E-state index < -0.39 is 11.7 Å². The SMILES string of the molecule is CC(C)(C)OC(=O)NN[C@@H](c1ccc(Cl)cc1)C1CCNCC1. The summed E-state index contributed by atoms with van der Waals surface area (Å²) in [6.07, 6.45) is 1.64. The van der Waals surface area contributed by atoms with Crippen molar-refractivity contribution < 1.29 is 9.53 Å². The van der Waals surface area contributed by atoms with Crippen LogP contribution in [0.4, 0.5) is 4.79 Å². The number of ether oxygens (including phenoxy) is 1. The van der Waals surface area contributed by atoms with Crippen molar-refractivity contribution in [2.45, 2.75) is 45.3 Å². The van der Waals surface area contributed by atoms with E-state index in [9.17, 15) is 4.79 Å². The number of hydrazine groups is 1. The molecule has 0 aromatic heterocycles. The Kier molecular flexibility index (Phi) is 6.27. The van der Waals surface area contributed by atoms with Crippen molar-refractivity contribution >= 4 is 17.7 Å². The number of hydrogen-bond donors (Lipinski definition) is 3. The van der Waals surface area contributed by atoms with E-state index in [0.717, 1.165) is 31.5 Å². The highest BCUT2D eigenvalue weighted by Crippen LogP contribution is 2.29. The molecule has 1 fully saturated rings. The first-order chi connectivity index (χ1) is 10.8. The topological polar surface area (TPSA) is 62.4 Å². The van der Waals surface area contributed by atoms with Crippen molar-refractivity contribution in [2.24, 2.45) is 5.92 Å². The molecule has 0 spiro atoms. The number of carbonyl (C=O) groups excluding carboxylic acids is 1. The standard InChI is InChI=1S/C17H26ClN3O2/c1-17(2,3)23-16(22)21-20-15(13-8-10-19-11-9-13)12-4-6-14(18)7-5-12/h4-7,13,15,19-20H,8-11H2,1-3H3,(H,21,22)/t15-/m0/s1. The Morgan fingerprint density at radius 1 is 1.26 bits per heavy atom. The molecule has 2 rings (SSSR count). The summed E-state index contributed by atoms with van der Waals surface area (Å²) in [6, 6.07) is 7.78. The minimum Gasteiger partial charge on any atom is -0.443 e. The van der Waals surface area contributed by atoms with E-state index >= 15 is 0 Å². The van der Waals surface area contributed by atoms with Crippen molar-refractivity contribution in [3.63, 3.8) is 0 Å². The maximum atomic E-state index is 11.9. The van der Waals surface area contributed by atoms with Crippen LogP contribution in [0.3, 0.4) is 0 Å². The van der Waals surface area contributed by atoms with Crippen LogP contribution in [-0.4, -0.2) is 24.8 Å². The van der Waals surface area contributed by atoms with E-state index in [0.29, 0.717) is 10.9 Å². The van der Waals surface area contributed by atoms with Crippen LogP contribution >= 0.6 is 11.6 Å². The number of nitrogens with one attached hydrogen (secondary N) is 3. The lowest BCUT2D eigenvalue weighted by Crippen LogP contribution is -2.46. The van der Waals surface area contributed by atoms with E-state index in [1.165, 1.54) is 0 Å². The highest BCUT2D eigenvalue weighted by molar-refractivity contribution is 6.30. The summed E-state index contributed by atoms with van der Waals surface area (Å²) in [5.74, 6) is 0.437. The molecule has 1 saturated heterocycles. The van der Waals surface area contributed by atoms with Crippen LogP contribution in [-0.2, 0) is 4.74 Å². The number of rotatable bonds is 4. The molecule has 5 nitrogen and oxygen atoms in total. The van der Waals surface area contributed by atoms with Crippen LogP contribution in [0.2, 0.25) is 5.02 Å². The van der Waals surface area contributed by atoms with Crippen LogP contribution in [0.15, 0.2) is 24.3 Å². The minimum atomic E-state index is -0.518. The smallest absolute Gasteiger partial charge is 0.422 e. The zero-order chi connectivity index (χ0) is 16.9. The predicted molar refractivity (Wildman–Crippen MR) is 92.3 cm³/mol. The second-order valence-electron chi connectivity index (χ2n) is 6.89. The lowest BCUT2D eigenvalue weighted by atomic mass is 9.86. The fourth-order valence-corrected chi connectivity index (χ4v) is 2.89. The van der Waals surface area contributed by atoms with Crippen LogP contribution in [0.25, 0.3) is 0 Å². The highest BCUT2D eigenvalue weighted by atomic mass is 35.5. The normalized spacial score (nSPS) is 17.6. The second kappa shape index (κ2) is 7.99. The van der Waals surface area contributed by atoms with Crippen molar-refractivity contribution in [2.75, 3.05) is 13.1 Å². The van der Waals surface area contributed by atoms with Gasteiger partial charge in [0.05, 0.1) is 6.04 Å². The van der Waals surface area contributed by atoms with Gasteiger partial charge in [0, 0.05) is 5.02 Å². The third-order valence-corrected chi connectivity index (χ3v) is 4.06. The van der Waals surface area contributed by atoms with Crippen LogP contribution in [0.1, 0.15) is 45.2 Å². The van der Waals surface area contributed by atoms with Crippen LogP contribution < -0.4 is 16.2 Å². The molecule has 1 aliphatic rings. The van der Waals surface area contributed by atoms with Gasteiger partial charge >= 0.3 is 6.09 Å². The number of carbonyl (C=O) groups is 1. The Morgan fingerprint density at radius 3 is 2.43 bits per heavy atom. The quantitative estimate of drug-likeness (QED) is 0.736. The molecule has 1 atom stereocenters. The van der Waals surface area contributed by atoms with Gasteiger partial charge in [0.1, 0.15) is 5.60 Å². The number of piperidine rings is 1. The summed E-state index contributed by atoms with van der Waals surface area (Å²) < 4.78 is 5.28. The van der Waals surface area contributed by atoms with E-state index in [2.05, 4.69) is 16.2 Å². The Morgan fingerprint density at radius 2 is 1.87 bits per heavy atom. The highest BCUT2D eigenvalue weighted by Gasteiger charge is 2.26. The Balaban J connectivity index is 2.04. The van der Waals surface area contributed by atoms with Gasteiger partial charge in [-0.2, -0.15) is 0 Å². The van der Waals surface area contributed by atoms with Crippen molar-refractivity contribution in [1.29, 1.82) is 0 Å². The van der Waals surface area contributed by atoms with Crippen molar-refractivity contribution in [3.05, 3.63) is 34.9 Å². The zero-order valence-corrected chi connectivity index (χ0v) is 14.7. The van der Waals surface area contributed by atoms with Crippen LogP contribution in [0.5, 0.6) is 0 Å². The van der Waals surface area contributed by atoms with E-state index in [-0.39, 0.29) is 6.04 Å². The van der Waals surface area contributed by atoms with Crippen LogP contribution in [0, 0.1) is 5.92 Å². The molecule has 6 heteroatoms. The van der Waals surface area contributed by atoms with E-state index in [4.69, 9.17) is 16.3 Å². The Hall–Kier alpha value is -1.30. The third kappa shape index (κ3) is 6.01. The average molecular weight is 340 g/mol. The average Bonchev–Trinajstić information content (AvgIpc) is 2.48. The molecule has 1 amide bonds. The molecular weight excluding hydrogens is 314 g/mol. The van der Waals surface area contributed by atoms with Crippen molar-refractivity contribution in [1.82, 2.24) is 16.2 Å². The summed E-state index contributed by atoms with van der Waals surface area (Å²) in [5, 5.41) is 4.07. The lowest BCUT2D eigenvalue weighted by Gasteiger charge is -2.32. The zero-order valence-electron chi connectivity index (χ0n) is 14.0. The summed E-state index contributed by atoms with van der Waals surface area (Å²) in [5.41, 5.74) is 6.43. The Labute approximate surface area is 143 Å². The maximum Gasteiger partial charge on any atom is 0.422 e. The molecule has 1 aromatic rings. The molecule has 1 aromatic carbocycles. The van der Waals surface area contributed by atoms with Gasteiger partial charge in [-0.05, 0) is 70.3 Å². The molecule has 1 heterocycles.